The van der Waals surface area contributed by atoms with Crippen molar-refractivity contribution < 1.29 is 14.3 Å². The molecule has 94 valence electrons. The Bertz CT molecular complexity index is 402. The zero-order valence-corrected chi connectivity index (χ0v) is 9.93. The predicted molar refractivity (Wildman–Crippen MR) is 62.7 cm³/mol. The summed E-state index contributed by atoms with van der Waals surface area (Å²) >= 11 is 0. The molecule has 2 rings (SSSR count). The molecule has 2 heterocycles. The maximum atomic E-state index is 10.7. The smallest absolute Gasteiger partial charge is 0.371 e. The van der Waals surface area contributed by atoms with Crippen LogP contribution in [0.4, 0.5) is 0 Å². The normalized spacial score (nSPS) is 26.0. The summed E-state index contributed by atoms with van der Waals surface area (Å²) in [5, 5.41) is 8.77. The van der Waals surface area contributed by atoms with Gasteiger partial charge in [-0.15, -0.1) is 0 Å². The zero-order chi connectivity index (χ0) is 12.4. The second-order valence-corrected chi connectivity index (χ2v) is 4.68. The van der Waals surface area contributed by atoms with E-state index in [0.717, 1.165) is 19.4 Å². The summed E-state index contributed by atoms with van der Waals surface area (Å²) in [6, 6.07) is 3.92. The van der Waals surface area contributed by atoms with Gasteiger partial charge in [0, 0.05) is 18.6 Å². The number of furan rings is 1. The fourth-order valence-corrected chi connectivity index (χ4v) is 2.27. The lowest BCUT2D eigenvalue weighted by molar-refractivity contribution is 0.0655. The van der Waals surface area contributed by atoms with E-state index < -0.39 is 5.97 Å². The number of hydrogen-bond donors (Lipinski definition) is 2. The van der Waals surface area contributed by atoms with Crippen molar-refractivity contribution in [1.82, 2.24) is 4.90 Å². The lowest BCUT2D eigenvalue weighted by Gasteiger charge is -2.35. The quantitative estimate of drug-likeness (QED) is 0.829. The van der Waals surface area contributed by atoms with Gasteiger partial charge in [0.15, 0.2) is 0 Å². The van der Waals surface area contributed by atoms with Gasteiger partial charge in [0.2, 0.25) is 5.76 Å². The molecule has 5 heteroatoms. The first kappa shape index (κ1) is 12.1. The molecule has 17 heavy (non-hydrogen) atoms. The third-order valence-corrected chi connectivity index (χ3v) is 3.29. The molecule has 2 atom stereocenters. The number of carboxylic acid groups (broad SMARTS) is 1. The van der Waals surface area contributed by atoms with Gasteiger partial charge >= 0.3 is 5.97 Å². The lowest BCUT2D eigenvalue weighted by Crippen LogP contribution is -2.44. The van der Waals surface area contributed by atoms with Gasteiger partial charge in [-0.1, -0.05) is 0 Å². The standard InChI is InChI=1S/C12H18N2O3/c1-8-6-9(13)4-5-14(8)7-10-2-3-11(17-10)12(15)16/h2-3,8-9H,4-7,13H2,1H3,(H,15,16). The topological polar surface area (TPSA) is 79.7 Å². The molecule has 1 fully saturated rings. The van der Waals surface area contributed by atoms with E-state index in [-0.39, 0.29) is 11.8 Å². The van der Waals surface area contributed by atoms with E-state index in [9.17, 15) is 4.79 Å². The molecular formula is C12H18N2O3. The molecular weight excluding hydrogens is 220 g/mol. The minimum absolute atomic E-state index is 0.00126. The van der Waals surface area contributed by atoms with E-state index >= 15 is 0 Å². The van der Waals surface area contributed by atoms with Crippen molar-refractivity contribution in [3.05, 3.63) is 23.7 Å². The Morgan fingerprint density at radius 1 is 1.65 bits per heavy atom. The van der Waals surface area contributed by atoms with Crippen LogP contribution in [0.15, 0.2) is 16.5 Å². The maximum Gasteiger partial charge on any atom is 0.371 e. The molecule has 0 radical (unpaired) electrons. The number of nitrogens with two attached hydrogens (primary N) is 1. The minimum Gasteiger partial charge on any atom is -0.475 e. The van der Waals surface area contributed by atoms with E-state index in [2.05, 4.69) is 11.8 Å². The first-order valence-corrected chi connectivity index (χ1v) is 5.88. The summed E-state index contributed by atoms with van der Waals surface area (Å²) in [6.07, 6.45) is 1.96. The number of rotatable bonds is 3. The first-order chi connectivity index (χ1) is 8.06. The minimum atomic E-state index is -1.02. The number of aromatic carboxylic acids is 1. The molecule has 2 unspecified atom stereocenters. The van der Waals surface area contributed by atoms with E-state index in [1.165, 1.54) is 6.07 Å². The number of likely N-dealkylation sites (tertiary alicyclic amines) is 1. The van der Waals surface area contributed by atoms with Crippen LogP contribution in [-0.4, -0.2) is 34.6 Å². The summed E-state index contributed by atoms with van der Waals surface area (Å²) in [6.45, 7) is 3.73. The molecule has 0 aromatic carbocycles. The zero-order valence-electron chi connectivity index (χ0n) is 9.93. The Hall–Kier alpha value is -1.33. The van der Waals surface area contributed by atoms with Crippen molar-refractivity contribution in [2.45, 2.75) is 38.4 Å². The van der Waals surface area contributed by atoms with Gasteiger partial charge in [0.1, 0.15) is 5.76 Å². The highest BCUT2D eigenvalue weighted by molar-refractivity contribution is 5.84. The molecule has 1 aromatic heterocycles. The summed E-state index contributed by atoms with van der Waals surface area (Å²) in [5.41, 5.74) is 5.90. The Kier molecular flexibility index (Phi) is 3.49. The average molecular weight is 238 g/mol. The maximum absolute atomic E-state index is 10.7. The van der Waals surface area contributed by atoms with Crippen molar-refractivity contribution >= 4 is 5.97 Å². The van der Waals surface area contributed by atoms with Crippen LogP contribution in [0.25, 0.3) is 0 Å². The number of nitrogens with zero attached hydrogens (tertiary/aromatic N) is 1. The molecule has 1 aromatic rings. The number of piperidine rings is 1. The molecule has 1 aliphatic rings. The second-order valence-electron chi connectivity index (χ2n) is 4.68. The van der Waals surface area contributed by atoms with Crippen LogP contribution in [0, 0.1) is 0 Å². The molecule has 0 saturated carbocycles. The van der Waals surface area contributed by atoms with Gasteiger partial charge in [0.25, 0.3) is 0 Å². The summed E-state index contributed by atoms with van der Waals surface area (Å²) < 4.78 is 5.25. The fraction of sp³-hybridized carbons (Fsp3) is 0.583. The van der Waals surface area contributed by atoms with Gasteiger partial charge in [-0.3, -0.25) is 4.90 Å². The molecule has 0 aliphatic carbocycles. The van der Waals surface area contributed by atoms with Crippen molar-refractivity contribution in [3.63, 3.8) is 0 Å². The fourth-order valence-electron chi connectivity index (χ4n) is 2.27. The molecule has 0 amide bonds. The highest BCUT2D eigenvalue weighted by Crippen LogP contribution is 2.19. The van der Waals surface area contributed by atoms with Gasteiger partial charge in [-0.25, -0.2) is 4.79 Å². The van der Waals surface area contributed by atoms with Crippen molar-refractivity contribution in [2.24, 2.45) is 5.73 Å². The third-order valence-electron chi connectivity index (χ3n) is 3.29. The summed E-state index contributed by atoms with van der Waals surface area (Å²) in [7, 11) is 0. The monoisotopic (exact) mass is 238 g/mol. The van der Waals surface area contributed by atoms with Crippen LogP contribution in [-0.2, 0) is 6.54 Å². The van der Waals surface area contributed by atoms with Crippen molar-refractivity contribution in [2.75, 3.05) is 6.54 Å². The lowest BCUT2D eigenvalue weighted by atomic mass is 9.99. The average Bonchev–Trinajstić information content (AvgIpc) is 2.71. The molecule has 1 saturated heterocycles. The Balaban J connectivity index is 1.98. The van der Waals surface area contributed by atoms with E-state index in [4.69, 9.17) is 15.3 Å². The van der Waals surface area contributed by atoms with Gasteiger partial charge < -0.3 is 15.3 Å². The van der Waals surface area contributed by atoms with Crippen LogP contribution >= 0.6 is 0 Å². The first-order valence-electron chi connectivity index (χ1n) is 5.88. The molecule has 5 nitrogen and oxygen atoms in total. The van der Waals surface area contributed by atoms with Crippen molar-refractivity contribution in [3.8, 4) is 0 Å². The highest BCUT2D eigenvalue weighted by Gasteiger charge is 2.24. The Morgan fingerprint density at radius 3 is 3.00 bits per heavy atom. The van der Waals surface area contributed by atoms with E-state index in [0.29, 0.717) is 18.3 Å². The predicted octanol–water partition coefficient (Wildman–Crippen LogP) is 1.29. The van der Waals surface area contributed by atoms with Crippen LogP contribution < -0.4 is 5.73 Å². The number of hydrogen-bond acceptors (Lipinski definition) is 4. The molecule has 3 N–H and O–H groups in total. The van der Waals surface area contributed by atoms with Crippen LogP contribution in [0.3, 0.4) is 0 Å². The van der Waals surface area contributed by atoms with Gasteiger partial charge in [-0.2, -0.15) is 0 Å². The van der Waals surface area contributed by atoms with Gasteiger partial charge in [0.05, 0.1) is 6.54 Å². The van der Waals surface area contributed by atoms with Crippen molar-refractivity contribution in [1.29, 1.82) is 0 Å². The van der Waals surface area contributed by atoms with Crippen LogP contribution in [0.5, 0.6) is 0 Å². The van der Waals surface area contributed by atoms with Crippen LogP contribution in [0.2, 0.25) is 0 Å². The third kappa shape index (κ3) is 2.87. The Morgan fingerprint density at radius 2 is 2.41 bits per heavy atom. The SMILES string of the molecule is CC1CC(N)CCN1Cc1ccc(C(=O)O)o1. The molecule has 0 bridgehead atoms. The second kappa shape index (κ2) is 4.89. The van der Waals surface area contributed by atoms with E-state index in [1.807, 2.05) is 0 Å². The Labute approximate surface area is 100 Å². The highest BCUT2D eigenvalue weighted by atomic mass is 16.4. The summed E-state index contributed by atoms with van der Waals surface area (Å²) in [5.74, 6) is -0.323. The van der Waals surface area contributed by atoms with Crippen LogP contribution in [0.1, 0.15) is 36.1 Å². The number of carbonyl (C=O) groups is 1. The summed E-state index contributed by atoms with van der Waals surface area (Å²) in [4.78, 5) is 13.0. The molecule has 1 aliphatic heterocycles. The largest absolute Gasteiger partial charge is 0.475 e. The molecule has 0 spiro atoms. The van der Waals surface area contributed by atoms with Gasteiger partial charge in [-0.05, 0) is 31.9 Å². The van der Waals surface area contributed by atoms with E-state index in [1.54, 1.807) is 6.07 Å². The number of carboxylic acids is 1.